The van der Waals surface area contributed by atoms with Crippen LogP contribution in [0.5, 0.6) is 0 Å². The first-order valence-electron chi connectivity index (χ1n) is 8.57. The maximum absolute atomic E-state index is 11.9. The van der Waals surface area contributed by atoms with Gasteiger partial charge in [0.2, 0.25) is 11.8 Å². The van der Waals surface area contributed by atoms with Gasteiger partial charge in [0.15, 0.2) is 5.82 Å². The van der Waals surface area contributed by atoms with Gasteiger partial charge in [-0.25, -0.2) is 4.79 Å². The Hall–Kier alpha value is -2.12. The molecule has 1 aliphatic carbocycles. The average molecular weight is 335 g/mol. The molecule has 0 radical (unpaired) electrons. The third kappa shape index (κ3) is 3.85. The second kappa shape index (κ2) is 6.78. The number of carbonyl (C=O) groups excluding carboxylic acids is 2. The van der Waals surface area contributed by atoms with Gasteiger partial charge in [-0.2, -0.15) is 4.98 Å². The molecular weight excluding hydrogens is 310 g/mol. The SMILES string of the molecule is CC(C)NC(=O)N1CC(c2nc(CCN(C)C(=O)C3CC3)no2)C1. The molecule has 2 heterocycles. The molecule has 132 valence electrons. The van der Waals surface area contributed by atoms with Gasteiger partial charge in [-0.1, -0.05) is 5.16 Å². The lowest BCUT2D eigenvalue weighted by atomic mass is 10.0. The van der Waals surface area contributed by atoms with Crippen LogP contribution >= 0.6 is 0 Å². The van der Waals surface area contributed by atoms with Gasteiger partial charge < -0.3 is 19.6 Å². The molecule has 3 rings (SSSR count). The van der Waals surface area contributed by atoms with E-state index in [1.807, 2.05) is 20.9 Å². The van der Waals surface area contributed by atoms with Gasteiger partial charge in [0.1, 0.15) is 0 Å². The Kier molecular flexibility index (Phi) is 4.73. The number of likely N-dealkylation sites (tertiary alicyclic amines) is 1. The van der Waals surface area contributed by atoms with Gasteiger partial charge in [0.05, 0.1) is 5.92 Å². The van der Waals surface area contributed by atoms with Crippen molar-refractivity contribution in [3.63, 3.8) is 0 Å². The molecule has 8 nitrogen and oxygen atoms in total. The van der Waals surface area contributed by atoms with E-state index in [1.165, 1.54) is 0 Å². The van der Waals surface area contributed by atoms with Crippen molar-refractivity contribution in [3.05, 3.63) is 11.7 Å². The van der Waals surface area contributed by atoms with Crippen LogP contribution in [0.1, 0.15) is 44.3 Å². The number of hydrogen-bond donors (Lipinski definition) is 1. The normalized spacial score (nSPS) is 17.8. The highest BCUT2D eigenvalue weighted by Crippen LogP contribution is 2.30. The molecule has 1 aromatic rings. The summed E-state index contributed by atoms with van der Waals surface area (Å²) in [6, 6.07) is 0.0723. The predicted octanol–water partition coefficient (Wildman–Crippen LogP) is 0.998. The summed E-state index contributed by atoms with van der Waals surface area (Å²) in [4.78, 5) is 31.6. The summed E-state index contributed by atoms with van der Waals surface area (Å²) in [6.07, 6.45) is 2.61. The number of aromatic nitrogens is 2. The molecule has 3 amide bonds. The van der Waals surface area contributed by atoms with Gasteiger partial charge in [-0.05, 0) is 26.7 Å². The smallest absolute Gasteiger partial charge is 0.317 e. The zero-order chi connectivity index (χ0) is 17.3. The molecule has 0 spiro atoms. The van der Waals surface area contributed by atoms with Crippen molar-refractivity contribution in [2.75, 3.05) is 26.7 Å². The van der Waals surface area contributed by atoms with Gasteiger partial charge in [0, 0.05) is 45.1 Å². The zero-order valence-electron chi connectivity index (χ0n) is 14.5. The van der Waals surface area contributed by atoms with E-state index in [0.29, 0.717) is 37.8 Å². The molecule has 0 aromatic carbocycles. The number of nitrogens with one attached hydrogen (secondary N) is 1. The second-order valence-corrected chi connectivity index (χ2v) is 7.04. The highest BCUT2D eigenvalue weighted by Gasteiger charge is 2.36. The van der Waals surface area contributed by atoms with Crippen LogP contribution in [0, 0.1) is 5.92 Å². The van der Waals surface area contributed by atoms with Crippen molar-refractivity contribution in [3.8, 4) is 0 Å². The van der Waals surface area contributed by atoms with Crippen molar-refractivity contribution >= 4 is 11.9 Å². The van der Waals surface area contributed by atoms with Crippen LogP contribution in [-0.2, 0) is 11.2 Å². The molecule has 0 atom stereocenters. The second-order valence-electron chi connectivity index (χ2n) is 7.04. The maximum Gasteiger partial charge on any atom is 0.317 e. The summed E-state index contributed by atoms with van der Waals surface area (Å²) in [5.41, 5.74) is 0. The summed E-state index contributed by atoms with van der Waals surface area (Å²) in [5, 5.41) is 6.85. The molecule has 1 N–H and O–H groups in total. The molecule has 1 saturated carbocycles. The van der Waals surface area contributed by atoms with Crippen LogP contribution in [0.4, 0.5) is 4.79 Å². The minimum atomic E-state index is -0.0544. The first kappa shape index (κ1) is 16.7. The monoisotopic (exact) mass is 335 g/mol. The Balaban J connectivity index is 1.43. The van der Waals surface area contributed by atoms with Crippen molar-refractivity contribution in [1.29, 1.82) is 0 Å². The van der Waals surface area contributed by atoms with E-state index >= 15 is 0 Å². The van der Waals surface area contributed by atoms with E-state index in [4.69, 9.17) is 4.52 Å². The Morgan fingerprint density at radius 3 is 2.71 bits per heavy atom. The zero-order valence-corrected chi connectivity index (χ0v) is 14.5. The lowest BCUT2D eigenvalue weighted by Gasteiger charge is -2.37. The van der Waals surface area contributed by atoms with Crippen molar-refractivity contribution in [1.82, 2.24) is 25.3 Å². The van der Waals surface area contributed by atoms with Crippen LogP contribution < -0.4 is 5.32 Å². The van der Waals surface area contributed by atoms with Gasteiger partial charge in [-0.15, -0.1) is 0 Å². The number of likely N-dealkylation sites (N-methyl/N-ethyl adjacent to an activating group) is 1. The van der Waals surface area contributed by atoms with E-state index in [0.717, 1.165) is 12.8 Å². The highest BCUT2D eigenvalue weighted by atomic mass is 16.5. The number of urea groups is 1. The van der Waals surface area contributed by atoms with E-state index in [1.54, 1.807) is 9.80 Å². The number of rotatable bonds is 6. The highest BCUT2D eigenvalue weighted by molar-refractivity contribution is 5.80. The largest absolute Gasteiger partial charge is 0.345 e. The summed E-state index contributed by atoms with van der Waals surface area (Å²) in [5.74, 6) is 1.74. The number of amides is 3. The lowest BCUT2D eigenvalue weighted by molar-refractivity contribution is -0.131. The van der Waals surface area contributed by atoms with E-state index in [2.05, 4.69) is 15.5 Å². The van der Waals surface area contributed by atoms with Crippen LogP contribution in [0.2, 0.25) is 0 Å². The third-order valence-corrected chi connectivity index (χ3v) is 4.39. The fourth-order valence-corrected chi connectivity index (χ4v) is 2.69. The summed E-state index contributed by atoms with van der Waals surface area (Å²) >= 11 is 0. The third-order valence-electron chi connectivity index (χ3n) is 4.39. The summed E-state index contributed by atoms with van der Waals surface area (Å²) in [6.45, 7) is 5.66. The summed E-state index contributed by atoms with van der Waals surface area (Å²) < 4.78 is 5.31. The Bertz CT molecular complexity index is 605. The standard InChI is InChI=1S/C16H25N5O3/c1-10(2)17-16(23)21-8-12(9-21)14-18-13(19-24-14)6-7-20(3)15(22)11-4-5-11/h10-12H,4-9H2,1-3H3,(H,17,23). The number of carbonyl (C=O) groups is 2. The number of nitrogens with zero attached hydrogens (tertiary/aromatic N) is 4. The molecule has 2 fully saturated rings. The minimum absolute atomic E-state index is 0.0544. The quantitative estimate of drug-likeness (QED) is 0.837. The Morgan fingerprint density at radius 1 is 1.38 bits per heavy atom. The molecular formula is C16H25N5O3. The Morgan fingerprint density at radius 2 is 2.08 bits per heavy atom. The molecule has 2 aliphatic rings. The molecule has 0 bridgehead atoms. The fraction of sp³-hybridized carbons (Fsp3) is 0.750. The first-order chi connectivity index (χ1) is 11.4. The van der Waals surface area contributed by atoms with Crippen LogP contribution in [0.25, 0.3) is 0 Å². The first-order valence-corrected chi connectivity index (χ1v) is 8.57. The number of hydrogen-bond acceptors (Lipinski definition) is 5. The fourth-order valence-electron chi connectivity index (χ4n) is 2.69. The predicted molar refractivity (Wildman–Crippen MR) is 86.3 cm³/mol. The van der Waals surface area contributed by atoms with Gasteiger partial charge in [0.25, 0.3) is 0 Å². The lowest BCUT2D eigenvalue weighted by Crippen LogP contribution is -2.53. The molecule has 1 saturated heterocycles. The molecule has 24 heavy (non-hydrogen) atoms. The van der Waals surface area contributed by atoms with E-state index in [-0.39, 0.29) is 29.8 Å². The maximum atomic E-state index is 11.9. The van der Waals surface area contributed by atoms with Crippen molar-refractivity contribution < 1.29 is 14.1 Å². The van der Waals surface area contributed by atoms with E-state index < -0.39 is 0 Å². The molecule has 1 aliphatic heterocycles. The average Bonchev–Trinajstić information content (AvgIpc) is 3.22. The van der Waals surface area contributed by atoms with Crippen molar-refractivity contribution in [2.45, 2.75) is 45.1 Å². The van der Waals surface area contributed by atoms with Crippen LogP contribution in [-0.4, -0.2) is 64.6 Å². The molecule has 1 aromatic heterocycles. The van der Waals surface area contributed by atoms with Crippen LogP contribution in [0.3, 0.4) is 0 Å². The summed E-state index contributed by atoms with van der Waals surface area (Å²) in [7, 11) is 1.82. The van der Waals surface area contributed by atoms with Gasteiger partial charge in [-0.3, -0.25) is 4.79 Å². The molecule has 8 heteroatoms. The minimum Gasteiger partial charge on any atom is -0.345 e. The van der Waals surface area contributed by atoms with Gasteiger partial charge >= 0.3 is 6.03 Å². The van der Waals surface area contributed by atoms with Crippen molar-refractivity contribution in [2.24, 2.45) is 5.92 Å². The van der Waals surface area contributed by atoms with Crippen LogP contribution in [0.15, 0.2) is 4.52 Å². The van der Waals surface area contributed by atoms with E-state index in [9.17, 15) is 9.59 Å². The Labute approximate surface area is 141 Å². The molecule has 0 unspecified atom stereocenters. The topological polar surface area (TPSA) is 91.6 Å².